The van der Waals surface area contributed by atoms with E-state index in [1.54, 1.807) is 25.1 Å². The lowest BCUT2D eigenvalue weighted by Crippen LogP contribution is -2.13. The Balaban J connectivity index is 1.54. The van der Waals surface area contributed by atoms with Gasteiger partial charge in [-0.15, -0.1) is 10.2 Å². The van der Waals surface area contributed by atoms with Crippen LogP contribution >= 0.6 is 11.8 Å². The van der Waals surface area contributed by atoms with E-state index in [4.69, 9.17) is 13.6 Å². The van der Waals surface area contributed by atoms with Crippen LogP contribution in [0, 0.1) is 13.8 Å². The summed E-state index contributed by atoms with van der Waals surface area (Å²) >= 11 is 1.33. The Hall–Kier alpha value is -3.59. The number of aromatic nitrogens is 2. The van der Waals surface area contributed by atoms with Gasteiger partial charge in [-0.3, -0.25) is 5.32 Å². The molecule has 0 saturated carbocycles. The fourth-order valence-electron chi connectivity index (χ4n) is 3.33. The molecule has 2 heterocycles. The van der Waals surface area contributed by atoms with Crippen molar-refractivity contribution in [2.75, 3.05) is 11.9 Å². The van der Waals surface area contributed by atoms with E-state index in [0.29, 0.717) is 28.1 Å². The molecule has 2 aromatic heterocycles. The van der Waals surface area contributed by atoms with Crippen molar-refractivity contribution >= 4 is 34.5 Å². The fourth-order valence-corrected chi connectivity index (χ4v) is 4.09. The zero-order valence-electron chi connectivity index (χ0n) is 17.8. The van der Waals surface area contributed by atoms with E-state index in [1.165, 1.54) is 17.8 Å². The van der Waals surface area contributed by atoms with Crippen molar-refractivity contribution in [2.45, 2.75) is 31.7 Å². The number of nitrogens with zero attached hydrogens (tertiary/aromatic N) is 2. The van der Waals surface area contributed by atoms with Gasteiger partial charge in [-0.25, -0.2) is 9.59 Å². The second-order valence-corrected chi connectivity index (χ2v) is 8.11. The highest BCUT2D eigenvalue weighted by molar-refractivity contribution is 7.98. The molecule has 0 aliphatic heterocycles. The summed E-state index contributed by atoms with van der Waals surface area (Å²) < 4.78 is 16.0. The van der Waals surface area contributed by atoms with E-state index >= 15 is 0 Å². The number of thioether (sulfide) groups is 1. The number of carbonyl (C=O) groups excluding carboxylic acids is 1. The predicted molar refractivity (Wildman–Crippen MR) is 122 cm³/mol. The third-order valence-corrected chi connectivity index (χ3v) is 5.45. The van der Waals surface area contributed by atoms with E-state index in [-0.39, 0.29) is 6.61 Å². The number of anilines is 1. The minimum absolute atomic E-state index is 0.261. The van der Waals surface area contributed by atoms with E-state index in [2.05, 4.69) is 21.6 Å². The van der Waals surface area contributed by atoms with Crippen LogP contribution in [0.2, 0.25) is 0 Å². The number of ether oxygens (including phenoxy) is 1. The molecule has 2 aromatic carbocycles. The van der Waals surface area contributed by atoms with Gasteiger partial charge in [0.05, 0.1) is 6.61 Å². The summed E-state index contributed by atoms with van der Waals surface area (Å²) in [6.07, 6.45) is -0.572. The average Bonchev–Trinajstić information content (AvgIpc) is 3.20. The van der Waals surface area contributed by atoms with Crippen LogP contribution in [-0.4, -0.2) is 22.9 Å². The molecule has 0 aliphatic carbocycles. The molecule has 1 N–H and O–H groups in total. The van der Waals surface area contributed by atoms with Crippen LogP contribution in [0.4, 0.5) is 10.5 Å². The average molecular weight is 452 g/mol. The Morgan fingerprint density at radius 1 is 1.06 bits per heavy atom. The third-order valence-electron chi connectivity index (χ3n) is 4.58. The molecule has 0 atom stereocenters. The standard InChI is InChI=1S/C23H21N3O5S/c1-4-29-22(28)24-17-5-6-18-16(10-20(27)30-19(18)11-17)12-32-23-26-25-21(31-23)15-8-13(2)7-14(3)9-15/h5-11H,4,12H2,1-3H3,(H,24,28). The number of hydrogen-bond acceptors (Lipinski definition) is 8. The number of amides is 1. The highest BCUT2D eigenvalue weighted by atomic mass is 32.2. The second kappa shape index (κ2) is 9.27. The highest BCUT2D eigenvalue weighted by Crippen LogP contribution is 2.29. The number of nitrogens with one attached hydrogen (secondary N) is 1. The van der Waals surface area contributed by atoms with Crippen molar-refractivity contribution in [3.63, 3.8) is 0 Å². The number of hydrogen-bond donors (Lipinski definition) is 1. The molecule has 0 saturated heterocycles. The van der Waals surface area contributed by atoms with Gasteiger partial charge in [0.15, 0.2) is 0 Å². The first-order valence-corrected chi connectivity index (χ1v) is 11.0. The quantitative estimate of drug-likeness (QED) is 0.310. The molecule has 0 fully saturated rings. The van der Waals surface area contributed by atoms with Gasteiger partial charge in [-0.05, 0) is 50.6 Å². The van der Waals surface area contributed by atoms with E-state index in [9.17, 15) is 9.59 Å². The molecule has 0 radical (unpaired) electrons. The minimum Gasteiger partial charge on any atom is -0.450 e. The maximum atomic E-state index is 12.1. The molecule has 0 bridgehead atoms. The summed E-state index contributed by atoms with van der Waals surface area (Å²) in [7, 11) is 0. The predicted octanol–water partition coefficient (Wildman–Crippen LogP) is 5.32. The van der Waals surface area contributed by atoms with Crippen LogP contribution in [-0.2, 0) is 10.5 Å². The van der Waals surface area contributed by atoms with Gasteiger partial charge < -0.3 is 13.6 Å². The summed E-state index contributed by atoms with van der Waals surface area (Å²) in [5, 5.41) is 12.0. The van der Waals surface area contributed by atoms with Gasteiger partial charge in [-0.2, -0.15) is 0 Å². The van der Waals surface area contributed by atoms with Crippen molar-refractivity contribution < 1.29 is 18.4 Å². The van der Waals surface area contributed by atoms with Crippen LogP contribution in [0.1, 0.15) is 23.6 Å². The number of rotatable bonds is 6. The first-order chi connectivity index (χ1) is 15.4. The zero-order valence-corrected chi connectivity index (χ0v) is 18.6. The summed E-state index contributed by atoms with van der Waals surface area (Å²) in [4.78, 5) is 23.7. The summed E-state index contributed by atoms with van der Waals surface area (Å²) in [6, 6.07) is 12.6. The molecule has 1 amide bonds. The Morgan fingerprint density at radius 2 is 1.84 bits per heavy atom. The van der Waals surface area contributed by atoms with Crippen LogP contribution in [0.15, 0.2) is 61.3 Å². The third kappa shape index (κ3) is 5.00. The highest BCUT2D eigenvalue weighted by Gasteiger charge is 2.13. The molecule has 8 nitrogen and oxygen atoms in total. The summed E-state index contributed by atoms with van der Waals surface area (Å²) in [5.41, 5.74) is 4.22. The van der Waals surface area contributed by atoms with E-state index < -0.39 is 11.7 Å². The van der Waals surface area contributed by atoms with Crippen molar-refractivity contribution in [1.29, 1.82) is 0 Å². The molecule has 4 aromatic rings. The van der Waals surface area contributed by atoms with Crippen molar-refractivity contribution in [1.82, 2.24) is 10.2 Å². The Kier molecular flexibility index (Phi) is 6.27. The first-order valence-electron chi connectivity index (χ1n) is 9.97. The lowest BCUT2D eigenvalue weighted by atomic mass is 10.1. The normalized spacial score (nSPS) is 11.0. The van der Waals surface area contributed by atoms with E-state index in [0.717, 1.165) is 27.6 Å². The minimum atomic E-state index is -0.572. The van der Waals surface area contributed by atoms with Gasteiger partial charge in [0, 0.05) is 34.5 Å². The Bertz CT molecular complexity index is 1320. The van der Waals surface area contributed by atoms with E-state index in [1.807, 2.05) is 26.0 Å². The monoisotopic (exact) mass is 451 g/mol. The fraction of sp³-hybridized carbons (Fsp3) is 0.217. The Morgan fingerprint density at radius 3 is 2.59 bits per heavy atom. The largest absolute Gasteiger partial charge is 0.450 e. The maximum absolute atomic E-state index is 12.1. The van der Waals surface area contributed by atoms with Gasteiger partial charge in [0.1, 0.15) is 5.58 Å². The first kappa shape index (κ1) is 21.6. The molecular formula is C23H21N3O5S. The van der Waals surface area contributed by atoms with Crippen LogP contribution in [0.25, 0.3) is 22.4 Å². The van der Waals surface area contributed by atoms with Crippen molar-refractivity contribution in [3.8, 4) is 11.5 Å². The molecule has 9 heteroatoms. The lowest BCUT2D eigenvalue weighted by molar-refractivity contribution is 0.168. The van der Waals surface area contributed by atoms with Gasteiger partial charge in [0.25, 0.3) is 5.22 Å². The molecule has 0 spiro atoms. The molecule has 0 unspecified atom stereocenters. The number of aryl methyl sites for hydroxylation is 2. The zero-order chi connectivity index (χ0) is 22.7. The summed E-state index contributed by atoms with van der Waals surface area (Å²) in [6.45, 7) is 6.01. The molecular weight excluding hydrogens is 430 g/mol. The van der Waals surface area contributed by atoms with Crippen molar-refractivity contribution in [3.05, 3.63) is 69.6 Å². The van der Waals surface area contributed by atoms with Gasteiger partial charge >= 0.3 is 11.7 Å². The maximum Gasteiger partial charge on any atom is 0.411 e. The molecule has 32 heavy (non-hydrogen) atoms. The molecule has 0 aliphatic rings. The summed E-state index contributed by atoms with van der Waals surface area (Å²) in [5.74, 6) is 0.882. The molecule has 164 valence electrons. The molecule has 4 rings (SSSR count). The van der Waals surface area contributed by atoms with Crippen molar-refractivity contribution in [2.24, 2.45) is 0 Å². The van der Waals surface area contributed by atoms with Gasteiger partial charge in [0.2, 0.25) is 5.89 Å². The Labute approximate surface area is 188 Å². The van der Waals surface area contributed by atoms with Crippen LogP contribution < -0.4 is 10.9 Å². The van der Waals surface area contributed by atoms with Gasteiger partial charge in [-0.1, -0.05) is 29.0 Å². The number of carbonyl (C=O) groups is 1. The SMILES string of the molecule is CCOC(=O)Nc1ccc2c(CSc3nnc(-c4cc(C)cc(C)c4)o3)cc(=O)oc2c1. The van der Waals surface area contributed by atoms with Crippen LogP contribution in [0.5, 0.6) is 0 Å². The smallest absolute Gasteiger partial charge is 0.411 e. The lowest BCUT2D eigenvalue weighted by Gasteiger charge is -2.08. The van der Waals surface area contributed by atoms with Crippen LogP contribution in [0.3, 0.4) is 0 Å². The number of benzene rings is 2. The second-order valence-electron chi connectivity index (χ2n) is 7.19. The topological polar surface area (TPSA) is 107 Å². The number of fused-ring (bicyclic) bond motifs is 1.